The van der Waals surface area contributed by atoms with Gasteiger partial charge in [-0.25, -0.2) is 0 Å². The molecule has 78 valence electrons. The van der Waals surface area contributed by atoms with Crippen molar-refractivity contribution >= 4 is 53.7 Å². The van der Waals surface area contributed by atoms with Gasteiger partial charge in [-0.05, 0) is 47.8 Å². The topological polar surface area (TPSA) is 46.9 Å². The molecule has 7 heteroatoms. The Morgan fingerprint density at radius 2 is 2.14 bits per heavy atom. The van der Waals surface area contributed by atoms with Crippen molar-refractivity contribution in [2.24, 2.45) is 0 Å². The van der Waals surface area contributed by atoms with Gasteiger partial charge in [0.15, 0.2) is 0 Å². The highest BCUT2D eigenvalue weighted by atomic mass is 79.9. The van der Waals surface area contributed by atoms with E-state index in [-0.39, 0.29) is 5.91 Å². The van der Waals surface area contributed by atoms with Crippen LogP contribution in [0.3, 0.4) is 0 Å². The van der Waals surface area contributed by atoms with E-state index in [9.17, 15) is 4.79 Å². The van der Waals surface area contributed by atoms with Gasteiger partial charge < -0.3 is 5.32 Å². The summed E-state index contributed by atoms with van der Waals surface area (Å²) in [6.45, 7) is 2.68. The summed E-state index contributed by atoms with van der Waals surface area (Å²) in [7, 11) is 0. The van der Waals surface area contributed by atoms with Crippen LogP contribution in [0.5, 0.6) is 0 Å². The molecule has 1 N–H and O–H groups in total. The highest BCUT2D eigenvalue weighted by Gasteiger charge is 2.10. The summed E-state index contributed by atoms with van der Waals surface area (Å²) in [5.41, 5.74) is 0. The number of rotatable bonds is 3. The first-order valence-corrected chi connectivity index (χ1v) is 6.22. The minimum atomic E-state index is -0.0357. The first-order chi connectivity index (χ1) is 6.52. The Kier molecular flexibility index (Phi) is 4.59. The smallest absolute Gasteiger partial charge is 0.216 e. The fourth-order valence-corrected chi connectivity index (χ4v) is 2.25. The van der Waals surface area contributed by atoms with Gasteiger partial charge in [0.2, 0.25) is 5.91 Å². The largest absolute Gasteiger partial charge is 0.354 e. The molecule has 0 radical (unpaired) electrons. The number of carbonyl (C=O) groups excluding carboxylic acids is 1. The van der Waals surface area contributed by atoms with Crippen LogP contribution in [0.15, 0.2) is 13.7 Å². The van der Waals surface area contributed by atoms with E-state index in [1.807, 2.05) is 0 Å². The molecule has 0 aliphatic heterocycles. The highest BCUT2D eigenvalue weighted by Crippen LogP contribution is 2.29. The van der Waals surface area contributed by atoms with E-state index in [1.165, 1.54) is 6.92 Å². The van der Waals surface area contributed by atoms with Crippen molar-refractivity contribution in [2.45, 2.75) is 13.5 Å². The van der Waals surface area contributed by atoms with Crippen LogP contribution < -0.4 is 5.32 Å². The Bertz CT molecular complexity index is 350. The summed E-state index contributed by atoms with van der Waals surface area (Å²) in [6.07, 6.45) is 0. The lowest BCUT2D eigenvalue weighted by Crippen LogP contribution is -2.24. The van der Waals surface area contributed by atoms with Crippen LogP contribution in [-0.4, -0.2) is 22.2 Å². The molecule has 1 rings (SSSR count). The second kappa shape index (κ2) is 5.27. The molecule has 4 nitrogen and oxygen atoms in total. The molecule has 14 heavy (non-hydrogen) atoms. The lowest BCUT2D eigenvalue weighted by molar-refractivity contribution is -0.118. The summed E-state index contributed by atoms with van der Waals surface area (Å²) in [5.74, 6) is -0.0357. The molecule has 0 fully saturated rings. The van der Waals surface area contributed by atoms with E-state index < -0.39 is 0 Å². The summed E-state index contributed by atoms with van der Waals surface area (Å²) in [5, 5.41) is 6.89. The van der Waals surface area contributed by atoms with Crippen molar-refractivity contribution in [1.29, 1.82) is 0 Å². The van der Waals surface area contributed by atoms with Gasteiger partial charge in [-0.15, -0.1) is 0 Å². The normalized spacial score (nSPS) is 10.3. The van der Waals surface area contributed by atoms with Crippen LogP contribution in [-0.2, 0) is 11.3 Å². The zero-order valence-electron chi connectivity index (χ0n) is 7.35. The molecule has 0 bridgehead atoms. The van der Waals surface area contributed by atoms with Gasteiger partial charge in [0.05, 0.1) is 11.0 Å². The van der Waals surface area contributed by atoms with E-state index in [2.05, 4.69) is 58.2 Å². The summed E-state index contributed by atoms with van der Waals surface area (Å²) in [4.78, 5) is 10.6. The number of nitrogens with one attached hydrogen (secondary N) is 1. The maximum Gasteiger partial charge on any atom is 0.216 e. The third-order valence-electron chi connectivity index (χ3n) is 1.49. The Morgan fingerprint density at radius 3 is 2.57 bits per heavy atom. The number of amides is 1. The van der Waals surface area contributed by atoms with Crippen LogP contribution in [0.1, 0.15) is 6.92 Å². The molecule has 0 saturated carbocycles. The van der Waals surface area contributed by atoms with Crippen LogP contribution in [0.2, 0.25) is 0 Å². The minimum Gasteiger partial charge on any atom is -0.354 e. The van der Waals surface area contributed by atoms with E-state index in [0.29, 0.717) is 13.1 Å². The van der Waals surface area contributed by atoms with Gasteiger partial charge in [0, 0.05) is 13.5 Å². The maximum absolute atomic E-state index is 10.6. The number of hydrogen-bond acceptors (Lipinski definition) is 2. The molecule has 0 aliphatic carbocycles. The van der Waals surface area contributed by atoms with Crippen molar-refractivity contribution in [3.63, 3.8) is 0 Å². The summed E-state index contributed by atoms with van der Waals surface area (Å²) in [6, 6.07) is 0. The molecule has 0 saturated heterocycles. The molecule has 0 aliphatic rings. The van der Waals surface area contributed by atoms with Crippen molar-refractivity contribution in [3.8, 4) is 0 Å². The molecule has 0 aromatic carbocycles. The summed E-state index contributed by atoms with van der Waals surface area (Å²) >= 11 is 10.0. The third kappa shape index (κ3) is 3.06. The quantitative estimate of drug-likeness (QED) is 0.862. The second-order valence-electron chi connectivity index (χ2n) is 2.60. The Morgan fingerprint density at radius 1 is 1.50 bits per heavy atom. The number of aromatic nitrogens is 2. The molecule has 0 atom stereocenters. The molecular weight excluding hydrogens is 382 g/mol. The molecule has 0 unspecified atom stereocenters. The molecule has 1 amide bonds. The van der Waals surface area contributed by atoms with Crippen LogP contribution in [0.4, 0.5) is 0 Å². The van der Waals surface area contributed by atoms with Gasteiger partial charge in [-0.1, -0.05) is 0 Å². The standard InChI is InChI=1S/C7H8Br3N3O/c1-4(14)11-2-3-13-7(10)5(8)6(9)12-13/h2-3H2,1H3,(H,11,14). The van der Waals surface area contributed by atoms with E-state index in [4.69, 9.17) is 0 Å². The zero-order valence-corrected chi connectivity index (χ0v) is 12.1. The van der Waals surface area contributed by atoms with Gasteiger partial charge in [-0.3, -0.25) is 9.48 Å². The monoisotopic (exact) mass is 387 g/mol. The van der Waals surface area contributed by atoms with Crippen LogP contribution in [0.25, 0.3) is 0 Å². The lowest BCUT2D eigenvalue weighted by atomic mass is 10.6. The maximum atomic E-state index is 10.6. The number of carbonyl (C=O) groups is 1. The Balaban J connectivity index is 2.59. The fourth-order valence-electron chi connectivity index (χ4n) is 0.878. The Labute approximate surface area is 107 Å². The SMILES string of the molecule is CC(=O)NCCn1nc(Br)c(Br)c1Br. The van der Waals surface area contributed by atoms with E-state index in [0.717, 1.165) is 13.7 Å². The molecule has 0 spiro atoms. The van der Waals surface area contributed by atoms with Crippen molar-refractivity contribution in [1.82, 2.24) is 15.1 Å². The van der Waals surface area contributed by atoms with Gasteiger partial charge in [0.25, 0.3) is 0 Å². The Hall–Kier alpha value is 0.120. The van der Waals surface area contributed by atoms with Crippen molar-refractivity contribution in [3.05, 3.63) is 13.7 Å². The third-order valence-corrected chi connectivity index (χ3v) is 4.67. The molecular formula is C7H8Br3N3O. The zero-order chi connectivity index (χ0) is 10.7. The molecule has 1 heterocycles. The lowest BCUT2D eigenvalue weighted by Gasteiger charge is -2.03. The fraction of sp³-hybridized carbons (Fsp3) is 0.429. The average molecular weight is 390 g/mol. The number of nitrogens with zero attached hydrogens (tertiary/aromatic N) is 2. The predicted octanol–water partition coefficient (Wildman–Crippen LogP) is 2.31. The van der Waals surface area contributed by atoms with Gasteiger partial charge >= 0.3 is 0 Å². The van der Waals surface area contributed by atoms with E-state index in [1.54, 1.807) is 4.68 Å². The first-order valence-electron chi connectivity index (χ1n) is 3.84. The summed E-state index contributed by atoms with van der Waals surface area (Å²) < 4.78 is 4.23. The number of hydrogen-bond donors (Lipinski definition) is 1. The highest BCUT2D eigenvalue weighted by molar-refractivity contribution is 9.14. The predicted molar refractivity (Wildman–Crippen MR) is 64.0 cm³/mol. The van der Waals surface area contributed by atoms with Crippen LogP contribution in [0, 0.1) is 0 Å². The molecule has 1 aromatic heterocycles. The van der Waals surface area contributed by atoms with Crippen molar-refractivity contribution < 1.29 is 4.79 Å². The average Bonchev–Trinajstić information content (AvgIpc) is 2.33. The first kappa shape index (κ1) is 12.2. The second-order valence-corrected chi connectivity index (χ2v) is 4.90. The van der Waals surface area contributed by atoms with Crippen molar-refractivity contribution in [2.75, 3.05) is 6.54 Å². The van der Waals surface area contributed by atoms with Crippen LogP contribution >= 0.6 is 47.8 Å². The van der Waals surface area contributed by atoms with E-state index >= 15 is 0 Å². The number of halogens is 3. The van der Waals surface area contributed by atoms with Gasteiger partial charge in [-0.2, -0.15) is 5.10 Å². The minimum absolute atomic E-state index is 0.0357. The molecule has 1 aromatic rings. The van der Waals surface area contributed by atoms with Gasteiger partial charge in [0.1, 0.15) is 9.21 Å².